The summed E-state index contributed by atoms with van der Waals surface area (Å²) in [4.78, 5) is 9.79. The maximum absolute atomic E-state index is 6.15. The number of aryl methyl sites for hydroxylation is 1. The Hall–Kier alpha value is -2.18. The van der Waals surface area contributed by atoms with Gasteiger partial charge in [-0.15, -0.1) is 0 Å². The first-order chi connectivity index (χ1) is 13.7. The zero-order valence-corrected chi connectivity index (χ0v) is 18.2. The Morgan fingerprint density at radius 3 is 2.39 bits per heavy atom. The predicted molar refractivity (Wildman–Crippen MR) is 117 cm³/mol. The summed E-state index contributed by atoms with van der Waals surface area (Å²) in [7, 11) is 0. The highest BCUT2D eigenvalue weighted by Crippen LogP contribution is 2.28. The zero-order chi connectivity index (χ0) is 19.1. The van der Waals surface area contributed by atoms with Crippen LogP contribution in [0.3, 0.4) is 0 Å². The number of benzene rings is 2. The fourth-order valence-electron chi connectivity index (χ4n) is 3.56. The van der Waals surface area contributed by atoms with Gasteiger partial charge in [0.05, 0.1) is 11.1 Å². The molecule has 0 aliphatic carbocycles. The van der Waals surface area contributed by atoms with E-state index in [9.17, 15) is 0 Å². The number of hydrogen-bond donors (Lipinski definition) is 0. The molecule has 0 N–H and O–H groups in total. The highest BCUT2D eigenvalue weighted by atomic mass is 79.9. The third kappa shape index (κ3) is 3.35. The molecular weight excluding hydrogens is 482 g/mol. The van der Waals surface area contributed by atoms with Crippen LogP contribution >= 0.6 is 31.9 Å². The van der Waals surface area contributed by atoms with Gasteiger partial charge in [0.15, 0.2) is 0 Å². The van der Waals surface area contributed by atoms with Crippen molar-refractivity contribution in [3.63, 3.8) is 0 Å². The number of nitrogens with zero attached hydrogens (tertiary/aromatic N) is 3. The molecule has 0 saturated heterocycles. The molecular formula is C22H17Br2N3O. The van der Waals surface area contributed by atoms with E-state index < -0.39 is 0 Å². The highest BCUT2D eigenvalue weighted by molar-refractivity contribution is 9.10. The Labute approximate surface area is 179 Å². The van der Waals surface area contributed by atoms with Crippen molar-refractivity contribution in [3.8, 4) is 11.3 Å². The monoisotopic (exact) mass is 497 g/mol. The molecule has 0 radical (unpaired) electrons. The van der Waals surface area contributed by atoms with Crippen LogP contribution in [0.5, 0.6) is 0 Å². The average Bonchev–Trinajstić information content (AvgIpc) is 3.14. The van der Waals surface area contributed by atoms with E-state index in [0.29, 0.717) is 5.71 Å². The molecule has 3 heterocycles. The number of furan rings is 1. The van der Waals surface area contributed by atoms with Gasteiger partial charge in [-0.3, -0.25) is 0 Å². The maximum atomic E-state index is 6.15. The van der Waals surface area contributed by atoms with Gasteiger partial charge in [0.25, 0.3) is 0 Å². The fourth-order valence-corrected chi connectivity index (χ4v) is 4.09. The molecule has 4 aromatic rings. The summed E-state index contributed by atoms with van der Waals surface area (Å²) in [6.07, 6.45) is 3.24. The van der Waals surface area contributed by atoms with Crippen LogP contribution < -0.4 is 5.49 Å². The van der Waals surface area contributed by atoms with Crippen molar-refractivity contribution in [3.05, 3.63) is 74.9 Å². The summed E-state index contributed by atoms with van der Waals surface area (Å²) >= 11 is 6.98. The topological polar surface area (TPSA) is 43.3 Å². The van der Waals surface area contributed by atoms with Gasteiger partial charge in [-0.05, 0) is 55.3 Å². The van der Waals surface area contributed by atoms with Gasteiger partial charge in [-0.1, -0.05) is 44.0 Å². The van der Waals surface area contributed by atoms with E-state index in [-0.39, 0.29) is 0 Å². The van der Waals surface area contributed by atoms with Gasteiger partial charge in [-0.2, -0.15) is 4.98 Å². The van der Waals surface area contributed by atoms with Crippen molar-refractivity contribution < 1.29 is 4.42 Å². The largest absolute Gasteiger partial charge is 0.438 e. The Morgan fingerprint density at radius 1 is 0.929 bits per heavy atom. The molecule has 28 heavy (non-hydrogen) atoms. The molecule has 0 saturated carbocycles. The Morgan fingerprint density at radius 2 is 1.64 bits per heavy atom. The molecule has 4 nitrogen and oxygen atoms in total. The second kappa shape index (κ2) is 7.33. The second-order valence-electron chi connectivity index (χ2n) is 6.88. The lowest BCUT2D eigenvalue weighted by atomic mass is 10.1. The minimum absolute atomic E-state index is 0.655. The molecule has 0 fully saturated rings. The first-order valence-electron chi connectivity index (χ1n) is 9.27. The molecule has 0 atom stereocenters. The number of halogens is 2. The van der Waals surface area contributed by atoms with Crippen LogP contribution in [0.2, 0.25) is 0 Å². The normalized spacial score (nSPS) is 14.4. The third-order valence-corrected chi connectivity index (χ3v) is 6.03. The maximum Gasteiger partial charge on any atom is 0.232 e. The van der Waals surface area contributed by atoms with Crippen LogP contribution in [0.1, 0.15) is 18.7 Å². The molecule has 2 aromatic carbocycles. The minimum atomic E-state index is 0.655. The molecule has 5 rings (SSSR count). The smallest absolute Gasteiger partial charge is 0.232 e. The highest BCUT2D eigenvalue weighted by Gasteiger charge is 2.17. The van der Waals surface area contributed by atoms with Gasteiger partial charge in [-0.25, -0.2) is 4.99 Å². The minimum Gasteiger partial charge on any atom is -0.438 e. The quantitative estimate of drug-likeness (QED) is 0.321. The predicted octanol–water partition coefficient (Wildman–Crippen LogP) is 6.39. The van der Waals surface area contributed by atoms with Crippen molar-refractivity contribution in [1.82, 2.24) is 9.55 Å². The number of aromatic nitrogens is 2. The van der Waals surface area contributed by atoms with E-state index in [0.717, 1.165) is 68.5 Å². The van der Waals surface area contributed by atoms with Crippen molar-refractivity contribution >= 4 is 48.6 Å². The summed E-state index contributed by atoms with van der Waals surface area (Å²) in [6, 6.07) is 18.2. The number of hydrogen-bond acceptors (Lipinski definition) is 3. The molecule has 0 bridgehead atoms. The number of fused-ring (bicyclic) bond motifs is 2. The second-order valence-corrected chi connectivity index (χ2v) is 8.72. The Balaban J connectivity index is 1.76. The summed E-state index contributed by atoms with van der Waals surface area (Å²) in [5.74, 6) is 1.86. The first-order valence-corrected chi connectivity index (χ1v) is 10.9. The lowest BCUT2D eigenvalue weighted by Crippen LogP contribution is -2.28. The standard InChI is InChI=1S/C22H17Br2N3O/c23-15-6-4-14(5-7-15)19-13-18-21(25-17-10-8-16(24)9-11-17)27-12-2-1-3-20(27)26-22(18)28-19/h4-11,13H,1-3,12H2/b25-21+. The van der Waals surface area contributed by atoms with E-state index in [1.165, 1.54) is 0 Å². The summed E-state index contributed by atoms with van der Waals surface area (Å²) in [6.45, 7) is 0.937. The van der Waals surface area contributed by atoms with E-state index in [1.54, 1.807) is 0 Å². The molecule has 1 aliphatic heterocycles. The molecule has 2 aromatic heterocycles. The molecule has 1 aliphatic rings. The molecule has 6 heteroatoms. The van der Waals surface area contributed by atoms with Gasteiger partial charge in [0, 0.05) is 27.5 Å². The molecule has 140 valence electrons. The lowest BCUT2D eigenvalue weighted by Gasteiger charge is -2.18. The van der Waals surface area contributed by atoms with Crippen LogP contribution in [0.25, 0.3) is 22.4 Å². The van der Waals surface area contributed by atoms with Gasteiger partial charge in [0.1, 0.15) is 17.1 Å². The molecule has 0 unspecified atom stereocenters. The summed E-state index contributed by atoms with van der Waals surface area (Å²) in [5, 5.41) is 0.950. The third-order valence-electron chi connectivity index (χ3n) is 4.97. The van der Waals surface area contributed by atoms with E-state index in [2.05, 4.69) is 42.5 Å². The molecule has 0 spiro atoms. The Kier molecular flexibility index (Phi) is 4.69. The van der Waals surface area contributed by atoms with Gasteiger partial charge >= 0.3 is 0 Å². The zero-order valence-electron chi connectivity index (χ0n) is 15.0. The first kappa shape index (κ1) is 17.9. The molecule has 0 amide bonds. The Bertz CT molecular complexity index is 1220. The van der Waals surface area contributed by atoms with Crippen LogP contribution in [-0.4, -0.2) is 9.55 Å². The van der Waals surface area contributed by atoms with E-state index >= 15 is 0 Å². The number of rotatable bonds is 2. The van der Waals surface area contributed by atoms with Crippen molar-refractivity contribution in [2.24, 2.45) is 4.99 Å². The van der Waals surface area contributed by atoms with Crippen LogP contribution in [0.15, 0.2) is 73.0 Å². The van der Waals surface area contributed by atoms with E-state index in [1.807, 2.05) is 48.5 Å². The van der Waals surface area contributed by atoms with Gasteiger partial charge in [0.2, 0.25) is 5.71 Å². The van der Waals surface area contributed by atoms with Crippen molar-refractivity contribution in [2.45, 2.75) is 25.8 Å². The van der Waals surface area contributed by atoms with Crippen molar-refractivity contribution in [2.75, 3.05) is 0 Å². The lowest BCUT2D eigenvalue weighted by molar-refractivity contribution is 0.490. The summed E-state index contributed by atoms with van der Waals surface area (Å²) < 4.78 is 10.5. The SMILES string of the molecule is Brc1ccc(/N=c2\c3cc(-c4ccc(Br)cc4)oc3nc3n2CCCC3)cc1. The van der Waals surface area contributed by atoms with Crippen LogP contribution in [0.4, 0.5) is 5.69 Å². The summed E-state index contributed by atoms with van der Waals surface area (Å²) in [5.41, 5.74) is 3.53. The van der Waals surface area contributed by atoms with Gasteiger partial charge < -0.3 is 8.98 Å². The average molecular weight is 499 g/mol. The van der Waals surface area contributed by atoms with Crippen molar-refractivity contribution in [1.29, 1.82) is 0 Å². The fraction of sp³-hybridized carbons (Fsp3) is 0.182. The van der Waals surface area contributed by atoms with E-state index in [4.69, 9.17) is 14.4 Å². The van der Waals surface area contributed by atoms with Crippen LogP contribution in [0, 0.1) is 0 Å². The van der Waals surface area contributed by atoms with Crippen LogP contribution in [-0.2, 0) is 13.0 Å².